The number of hydrogen-bond acceptors (Lipinski definition) is 5. The zero-order valence-electron chi connectivity index (χ0n) is 17.8. The van der Waals surface area contributed by atoms with Gasteiger partial charge in [0.15, 0.2) is 0 Å². The Hall–Kier alpha value is -4.85. The van der Waals surface area contributed by atoms with Gasteiger partial charge < -0.3 is 5.11 Å². The standard InChI is InChI=1S/C26H16N2O6/c1-14-6-2-3-11-20(14)27-24(29)18-10-5-9-17-22(15-7-4-8-16(12-15)26(31)32)21(28(33)34)13-19(23(17)18)25(27)30/h2-13H,1H3,(H,31,32). The summed E-state index contributed by atoms with van der Waals surface area (Å²) >= 11 is 0. The van der Waals surface area contributed by atoms with Crippen LogP contribution in [0.2, 0.25) is 0 Å². The number of anilines is 1. The van der Waals surface area contributed by atoms with Crippen LogP contribution >= 0.6 is 0 Å². The van der Waals surface area contributed by atoms with Gasteiger partial charge in [0.05, 0.1) is 27.3 Å². The molecule has 0 atom stereocenters. The van der Waals surface area contributed by atoms with Gasteiger partial charge in [0, 0.05) is 17.0 Å². The summed E-state index contributed by atoms with van der Waals surface area (Å²) in [7, 11) is 0. The Balaban J connectivity index is 1.85. The molecule has 0 spiro atoms. The molecule has 1 aliphatic rings. The van der Waals surface area contributed by atoms with Crippen LogP contribution in [0.3, 0.4) is 0 Å². The molecule has 1 heterocycles. The molecule has 8 nitrogen and oxygen atoms in total. The molecular weight excluding hydrogens is 436 g/mol. The van der Waals surface area contributed by atoms with Gasteiger partial charge in [-0.3, -0.25) is 19.7 Å². The normalized spacial score (nSPS) is 12.8. The van der Waals surface area contributed by atoms with E-state index < -0.39 is 22.7 Å². The fourth-order valence-corrected chi connectivity index (χ4v) is 4.44. The lowest BCUT2D eigenvalue weighted by atomic mass is 9.87. The van der Waals surface area contributed by atoms with Gasteiger partial charge in [-0.15, -0.1) is 0 Å². The molecule has 8 heteroatoms. The van der Waals surface area contributed by atoms with E-state index in [1.807, 2.05) is 0 Å². The lowest BCUT2D eigenvalue weighted by molar-refractivity contribution is -0.384. The molecule has 0 unspecified atom stereocenters. The highest BCUT2D eigenvalue weighted by Gasteiger charge is 2.37. The molecule has 1 N–H and O–H groups in total. The number of amides is 2. The average molecular weight is 452 g/mol. The van der Waals surface area contributed by atoms with Gasteiger partial charge in [-0.2, -0.15) is 0 Å². The number of benzene rings is 4. The number of para-hydroxylation sites is 1. The molecule has 0 aliphatic carbocycles. The second-order valence-corrected chi connectivity index (χ2v) is 7.92. The molecule has 166 valence electrons. The maximum Gasteiger partial charge on any atom is 0.335 e. The summed E-state index contributed by atoms with van der Waals surface area (Å²) < 4.78 is 0. The van der Waals surface area contributed by atoms with Crippen LogP contribution in [0.1, 0.15) is 36.6 Å². The topological polar surface area (TPSA) is 118 Å². The molecule has 4 aromatic rings. The van der Waals surface area contributed by atoms with Gasteiger partial charge in [0.1, 0.15) is 0 Å². The van der Waals surface area contributed by atoms with Crippen LogP contribution in [-0.4, -0.2) is 27.8 Å². The minimum Gasteiger partial charge on any atom is -0.478 e. The van der Waals surface area contributed by atoms with Crippen LogP contribution in [0.5, 0.6) is 0 Å². The molecule has 34 heavy (non-hydrogen) atoms. The molecule has 0 saturated carbocycles. The van der Waals surface area contributed by atoms with Crippen molar-refractivity contribution in [1.29, 1.82) is 0 Å². The fourth-order valence-electron chi connectivity index (χ4n) is 4.44. The Bertz CT molecular complexity index is 1570. The first-order chi connectivity index (χ1) is 16.3. The summed E-state index contributed by atoms with van der Waals surface area (Å²) in [6.45, 7) is 1.77. The van der Waals surface area contributed by atoms with Gasteiger partial charge >= 0.3 is 5.97 Å². The summed E-state index contributed by atoms with van der Waals surface area (Å²) in [5.74, 6) is -2.36. The van der Waals surface area contributed by atoms with Gasteiger partial charge in [-0.25, -0.2) is 9.69 Å². The van der Waals surface area contributed by atoms with E-state index in [1.54, 1.807) is 55.5 Å². The van der Waals surface area contributed by atoms with Gasteiger partial charge in [0.25, 0.3) is 17.5 Å². The van der Waals surface area contributed by atoms with E-state index in [2.05, 4.69) is 0 Å². The van der Waals surface area contributed by atoms with Crippen LogP contribution in [0.15, 0.2) is 72.8 Å². The van der Waals surface area contributed by atoms with Crippen molar-refractivity contribution in [2.24, 2.45) is 0 Å². The molecule has 0 fully saturated rings. The summed E-state index contributed by atoms with van der Waals surface area (Å²) in [5, 5.41) is 22.1. The third kappa shape index (κ3) is 3.04. The number of hydrogen-bond donors (Lipinski definition) is 1. The van der Waals surface area contributed by atoms with Crippen molar-refractivity contribution in [3.05, 3.63) is 105 Å². The zero-order valence-corrected chi connectivity index (χ0v) is 17.8. The Labute approximate surface area is 192 Å². The van der Waals surface area contributed by atoms with Crippen molar-refractivity contribution < 1.29 is 24.4 Å². The van der Waals surface area contributed by atoms with Crippen LogP contribution < -0.4 is 4.90 Å². The third-order valence-electron chi connectivity index (χ3n) is 5.96. The van der Waals surface area contributed by atoms with E-state index in [9.17, 15) is 29.6 Å². The van der Waals surface area contributed by atoms with E-state index in [1.165, 1.54) is 24.3 Å². The number of rotatable bonds is 4. The molecule has 4 aromatic carbocycles. The van der Waals surface area contributed by atoms with Crippen molar-refractivity contribution in [1.82, 2.24) is 0 Å². The average Bonchev–Trinajstić information content (AvgIpc) is 2.83. The molecule has 2 amide bonds. The first kappa shape index (κ1) is 21.0. The van der Waals surface area contributed by atoms with Crippen molar-refractivity contribution in [2.75, 3.05) is 4.90 Å². The first-order valence-electron chi connectivity index (χ1n) is 10.3. The smallest absolute Gasteiger partial charge is 0.335 e. The van der Waals surface area contributed by atoms with E-state index in [4.69, 9.17) is 0 Å². The highest BCUT2D eigenvalue weighted by molar-refractivity contribution is 6.37. The Morgan fingerprint density at radius 3 is 2.32 bits per heavy atom. The van der Waals surface area contributed by atoms with E-state index in [-0.39, 0.29) is 27.9 Å². The van der Waals surface area contributed by atoms with Crippen molar-refractivity contribution in [3.8, 4) is 11.1 Å². The molecule has 0 saturated heterocycles. The molecule has 0 bridgehead atoms. The number of aryl methyl sites for hydroxylation is 1. The highest BCUT2D eigenvalue weighted by atomic mass is 16.6. The van der Waals surface area contributed by atoms with Crippen molar-refractivity contribution >= 4 is 39.9 Å². The number of nitro groups is 1. The quantitative estimate of drug-likeness (QED) is 0.258. The number of nitro benzene ring substituents is 1. The van der Waals surface area contributed by atoms with E-state index in [0.717, 1.165) is 4.90 Å². The first-order valence-corrected chi connectivity index (χ1v) is 10.3. The van der Waals surface area contributed by atoms with Crippen LogP contribution in [0.25, 0.3) is 21.9 Å². The van der Waals surface area contributed by atoms with Crippen molar-refractivity contribution in [2.45, 2.75) is 6.92 Å². The number of carbonyl (C=O) groups is 3. The number of carboxylic acid groups (broad SMARTS) is 1. The summed E-state index contributed by atoms with van der Waals surface area (Å²) in [4.78, 5) is 51.0. The van der Waals surface area contributed by atoms with Crippen LogP contribution in [-0.2, 0) is 0 Å². The van der Waals surface area contributed by atoms with Crippen LogP contribution in [0.4, 0.5) is 11.4 Å². The number of imide groups is 1. The summed E-state index contributed by atoms with van der Waals surface area (Å²) in [6, 6.07) is 18.6. The number of nitrogens with zero attached hydrogens (tertiary/aromatic N) is 2. The third-order valence-corrected chi connectivity index (χ3v) is 5.96. The molecule has 0 aromatic heterocycles. The number of aromatic carboxylic acids is 1. The molecule has 5 rings (SSSR count). The Morgan fingerprint density at radius 2 is 1.62 bits per heavy atom. The highest BCUT2D eigenvalue weighted by Crippen LogP contribution is 2.43. The monoisotopic (exact) mass is 452 g/mol. The summed E-state index contributed by atoms with van der Waals surface area (Å²) in [6.07, 6.45) is 0. The van der Waals surface area contributed by atoms with E-state index in [0.29, 0.717) is 27.6 Å². The molecule has 1 aliphatic heterocycles. The Morgan fingerprint density at radius 1 is 0.912 bits per heavy atom. The predicted octanol–water partition coefficient (Wildman–Crippen LogP) is 5.22. The van der Waals surface area contributed by atoms with Crippen molar-refractivity contribution in [3.63, 3.8) is 0 Å². The number of carbonyl (C=O) groups excluding carboxylic acids is 2. The summed E-state index contributed by atoms with van der Waals surface area (Å²) in [5.41, 5.74) is 1.45. The minimum atomic E-state index is -1.17. The zero-order chi connectivity index (χ0) is 24.1. The maximum atomic E-state index is 13.5. The van der Waals surface area contributed by atoms with Crippen LogP contribution in [0, 0.1) is 17.0 Å². The Kier molecular flexibility index (Phi) is 4.72. The molecular formula is C26H16N2O6. The SMILES string of the molecule is Cc1ccccc1N1C(=O)c2cccc3c(-c4cccc(C(=O)O)c4)c([N+](=O)[O-])cc(c23)C1=O. The van der Waals surface area contributed by atoms with Gasteiger partial charge in [-0.1, -0.05) is 42.5 Å². The maximum absolute atomic E-state index is 13.5. The van der Waals surface area contributed by atoms with E-state index >= 15 is 0 Å². The molecule has 0 radical (unpaired) electrons. The van der Waals surface area contributed by atoms with Gasteiger partial charge in [-0.05, 0) is 47.7 Å². The lowest BCUT2D eigenvalue weighted by Gasteiger charge is -2.28. The largest absolute Gasteiger partial charge is 0.478 e. The van der Waals surface area contributed by atoms with Gasteiger partial charge in [0.2, 0.25) is 0 Å². The number of carboxylic acids is 1. The lowest BCUT2D eigenvalue weighted by Crippen LogP contribution is -2.41. The fraction of sp³-hybridized carbons (Fsp3) is 0.0385. The minimum absolute atomic E-state index is 0.0369. The predicted molar refractivity (Wildman–Crippen MR) is 125 cm³/mol. The second kappa shape index (κ2) is 7.63. The second-order valence-electron chi connectivity index (χ2n) is 7.92.